The van der Waals surface area contributed by atoms with Gasteiger partial charge in [-0.05, 0) is 115 Å². The van der Waals surface area contributed by atoms with Gasteiger partial charge in [-0.2, -0.15) is 0 Å². The Labute approximate surface area is 289 Å². The number of aliphatic hydroxyl groups is 1. The molecule has 1 N–H and O–H groups in total. The van der Waals surface area contributed by atoms with Gasteiger partial charge in [0.15, 0.2) is 0 Å². The molecule has 0 amide bonds. The van der Waals surface area contributed by atoms with Crippen LogP contribution in [0.15, 0.2) is 70.6 Å². The number of anilines is 1. The molecular formula is C35H39BrClN3O6S. The van der Waals surface area contributed by atoms with Crippen LogP contribution in [0.3, 0.4) is 0 Å². The number of fused-ring (bicyclic) bond motifs is 3. The summed E-state index contributed by atoms with van der Waals surface area (Å²) in [4.78, 5) is 22.6. The van der Waals surface area contributed by atoms with Crippen LogP contribution in [0.2, 0.25) is 5.02 Å². The molecule has 3 aliphatic rings. The maximum absolute atomic E-state index is 12.6. The van der Waals surface area contributed by atoms with Crippen LogP contribution in [0.5, 0.6) is 5.75 Å². The number of benzene rings is 2. The van der Waals surface area contributed by atoms with Crippen molar-refractivity contribution >= 4 is 49.0 Å². The summed E-state index contributed by atoms with van der Waals surface area (Å²) in [6.45, 7) is 1.91. The first kappa shape index (κ1) is 33.9. The molecule has 47 heavy (non-hydrogen) atoms. The Morgan fingerprint density at radius 3 is 2.79 bits per heavy atom. The van der Waals surface area contributed by atoms with Gasteiger partial charge in [-0.3, -0.25) is 0 Å². The minimum atomic E-state index is -3.57. The van der Waals surface area contributed by atoms with Crippen molar-refractivity contribution in [1.29, 1.82) is 0 Å². The minimum absolute atomic E-state index is 0.0359. The van der Waals surface area contributed by atoms with Gasteiger partial charge < -0.3 is 19.5 Å². The number of sulfone groups is 1. The van der Waals surface area contributed by atoms with Crippen LogP contribution in [-0.2, 0) is 26.4 Å². The molecule has 1 aliphatic heterocycles. The summed E-state index contributed by atoms with van der Waals surface area (Å²) < 4.78 is 37.5. The number of esters is 1. The number of nitrogens with zero attached hydrogens (tertiary/aromatic N) is 3. The Hall–Kier alpha value is -2.99. The normalized spacial score (nSPS) is 23.1. The molecule has 1 unspecified atom stereocenters. The first-order valence-corrected chi connectivity index (χ1v) is 18.8. The van der Waals surface area contributed by atoms with E-state index >= 15 is 0 Å². The zero-order valence-corrected chi connectivity index (χ0v) is 29.4. The van der Waals surface area contributed by atoms with Gasteiger partial charge in [0.2, 0.25) is 15.0 Å². The summed E-state index contributed by atoms with van der Waals surface area (Å²) in [5.74, 6) is 0.485. The third-order valence-corrected chi connectivity index (χ3v) is 12.3. The van der Waals surface area contributed by atoms with Crippen molar-refractivity contribution in [3.63, 3.8) is 0 Å². The van der Waals surface area contributed by atoms with E-state index in [0.29, 0.717) is 38.1 Å². The Morgan fingerprint density at radius 2 is 2.04 bits per heavy atom. The van der Waals surface area contributed by atoms with Crippen molar-refractivity contribution < 1.29 is 27.8 Å². The summed E-state index contributed by atoms with van der Waals surface area (Å²) in [7, 11) is -2.19. The highest BCUT2D eigenvalue weighted by molar-refractivity contribution is 9.11. The summed E-state index contributed by atoms with van der Waals surface area (Å²) in [5.41, 5.74) is 3.58. The van der Waals surface area contributed by atoms with Crippen LogP contribution < -0.4 is 9.64 Å². The van der Waals surface area contributed by atoms with Crippen molar-refractivity contribution in [1.82, 2.24) is 9.97 Å². The van der Waals surface area contributed by atoms with Crippen molar-refractivity contribution in [3.8, 4) is 5.75 Å². The molecule has 250 valence electrons. The topological polar surface area (TPSA) is 119 Å². The van der Waals surface area contributed by atoms with E-state index in [0.717, 1.165) is 53.0 Å². The molecule has 2 heterocycles. The number of aliphatic hydroxyl groups excluding tert-OH is 1. The Morgan fingerprint density at radius 1 is 1.23 bits per heavy atom. The number of allylic oxidation sites excluding steroid dienone is 1. The average molecular weight is 745 g/mol. The van der Waals surface area contributed by atoms with Crippen molar-refractivity contribution in [2.45, 2.75) is 61.6 Å². The summed E-state index contributed by atoms with van der Waals surface area (Å²) in [6.07, 6.45) is 9.61. The number of methoxy groups -OCH3 is 1. The lowest BCUT2D eigenvalue weighted by atomic mass is 9.68. The lowest BCUT2D eigenvalue weighted by Gasteiger charge is -2.45. The maximum Gasteiger partial charge on any atom is 0.337 e. The first-order chi connectivity index (χ1) is 22.6. The van der Waals surface area contributed by atoms with Gasteiger partial charge in [-0.15, -0.1) is 0 Å². The number of aromatic nitrogens is 2. The predicted molar refractivity (Wildman–Crippen MR) is 184 cm³/mol. The van der Waals surface area contributed by atoms with E-state index in [4.69, 9.17) is 21.1 Å². The second-order valence-corrected chi connectivity index (χ2v) is 16.3. The van der Waals surface area contributed by atoms with Gasteiger partial charge in [-0.25, -0.2) is 23.2 Å². The number of carbonyl (C=O) groups excluding carboxylic acids is 1. The Bertz CT molecular complexity index is 1760. The van der Waals surface area contributed by atoms with Crippen LogP contribution in [0, 0.1) is 11.8 Å². The molecule has 1 spiro atoms. The number of ether oxygens (including phenoxy) is 2. The van der Waals surface area contributed by atoms with Gasteiger partial charge in [0, 0.05) is 35.9 Å². The summed E-state index contributed by atoms with van der Waals surface area (Å²) in [5, 5.41) is 11.9. The summed E-state index contributed by atoms with van der Waals surface area (Å²) >= 11 is 9.97. The van der Waals surface area contributed by atoms with Crippen molar-refractivity contribution in [2.75, 3.05) is 37.5 Å². The lowest BCUT2D eigenvalue weighted by molar-refractivity contribution is 0.0455. The zero-order valence-electron chi connectivity index (χ0n) is 26.3. The highest BCUT2D eigenvalue weighted by atomic mass is 79.9. The van der Waals surface area contributed by atoms with Crippen LogP contribution in [0.1, 0.15) is 60.0 Å². The fourth-order valence-corrected chi connectivity index (χ4v) is 9.17. The SMILES string of the molecule is COC(=O)c1ccc2c(c1)N(C[C@H]1CC[C@H]1C(O)/C=C(\Br)CCCS(=O)(=O)c1ncccn1)C[C@@]1(CCCc3cc(Cl)ccc31)CO2. The van der Waals surface area contributed by atoms with Crippen molar-refractivity contribution in [3.05, 3.63) is 87.1 Å². The van der Waals surface area contributed by atoms with Gasteiger partial charge in [0.05, 0.1) is 36.8 Å². The van der Waals surface area contributed by atoms with E-state index in [1.54, 1.807) is 18.2 Å². The van der Waals surface area contributed by atoms with Gasteiger partial charge >= 0.3 is 5.97 Å². The van der Waals surface area contributed by atoms with Gasteiger partial charge in [-0.1, -0.05) is 33.6 Å². The molecule has 1 saturated carbocycles. The molecule has 0 saturated heterocycles. The van der Waals surface area contributed by atoms with Crippen LogP contribution in [0.4, 0.5) is 5.69 Å². The second-order valence-electron chi connectivity index (χ2n) is 12.8. The fraction of sp³-hybridized carbons (Fsp3) is 0.457. The average Bonchev–Trinajstić information content (AvgIpc) is 3.19. The van der Waals surface area contributed by atoms with Crippen LogP contribution >= 0.6 is 27.5 Å². The predicted octanol–water partition coefficient (Wildman–Crippen LogP) is 6.31. The number of hydrogen-bond acceptors (Lipinski definition) is 9. The molecule has 4 atom stereocenters. The van der Waals surface area contributed by atoms with Gasteiger partial charge in [0.1, 0.15) is 5.75 Å². The van der Waals surface area contributed by atoms with Gasteiger partial charge in [0.25, 0.3) is 0 Å². The highest BCUT2D eigenvalue weighted by Crippen LogP contribution is 2.47. The molecule has 2 aromatic carbocycles. The first-order valence-electron chi connectivity index (χ1n) is 16.0. The minimum Gasteiger partial charge on any atom is -0.490 e. The molecule has 3 aromatic rings. The highest BCUT2D eigenvalue weighted by Gasteiger charge is 2.44. The van der Waals surface area contributed by atoms with E-state index in [9.17, 15) is 18.3 Å². The maximum atomic E-state index is 12.6. The number of rotatable bonds is 10. The lowest BCUT2D eigenvalue weighted by Crippen LogP contribution is -2.49. The molecule has 9 nitrogen and oxygen atoms in total. The van der Waals surface area contributed by atoms with E-state index in [1.165, 1.54) is 30.6 Å². The number of carbonyl (C=O) groups is 1. The number of halogens is 2. The Kier molecular flexibility index (Phi) is 10.3. The molecule has 6 rings (SSSR count). The van der Waals surface area contributed by atoms with E-state index in [-0.39, 0.29) is 28.2 Å². The largest absolute Gasteiger partial charge is 0.490 e. The monoisotopic (exact) mass is 743 g/mol. The molecule has 12 heteroatoms. The third kappa shape index (κ3) is 7.38. The van der Waals surface area contributed by atoms with Crippen LogP contribution in [0.25, 0.3) is 0 Å². The van der Waals surface area contributed by atoms with Crippen molar-refractivity contribution in [2.24, 2.45) is 11.8 Å². The second kappa shape index (κ2) is 14.2. The number of aryl methyl sites for hydroxylation is 1. The van der Waals surface area contributed by atoms with Crippen LogP contribution in [-0.4, -0.2) is 68.1 Å². The molecule has 0 bridgehead atoms. The number of hydrogen-bond donors (Lipinski definition) is 1. The molecule has 2 aliphatic carbocycles. The van der Waals surface area contributed by atoms with E-state index in [1.807, 2.05) is 18.2 Å². The summed E-state index contributed by atoms with van der Waals surface area (Å²) in [6, 6.07) is 13.2. The third-order valence-electron chi connectivity index (χ3n) is 9.83. The zero-order chi connectivity index (χ0) is 33.2. The smallest absolute Gasteiger partial charge is 0.337 e. The van der Waals surface area contributed by atoms with E-state index in [2.05, 4.69) is 42.9 Å². The molecular weight excluding hydrogens is 706 g/mol. The molecule has 1 fully saturated rings. The fourth-order valence-electron chi connectivity index (χ4n) is 7.27. The standard InChI is InChI=1S/C35H39BrClN3O6S/c1-45-33(42)24-8-12-32-30(18-24)40(21-35(22-46-32)13-2-5-23-17-27(37)9-11-29(23)35)20-25-7-10-28(25)31(41)19-26(36)6-3-16-47(43,44)34-38-14-4-15-39-34/h4,8-9,11-12,14-15,17-19,25,28,31,41H,2-3,5-7,10,13,16,20-22H2,1H3/b26-19-/t25-,28-,31?,35+/m1/s1. The molecule has 1 aromatic heterocycles. The Balaban J connectivity index is 1.19. The van der Waals surface area contributed by atoms with E-state index < -0.39 is 21.9 Å². The quantitative estimate of drug-likeness (QED) is 0.188. The molecule has 0 radical (unpaired) electrons.